The number of hydrogen-bond donors (Lipinski definition) is 4. The molecule has 1 saturated carbocycles. The normalized spacial score (nSPS) is 28.5. The summed E-state index contributed by atoms with van der Waals surface area (Å²) in [4.78, 5) is 4.53. The first-order valence-corrected chi connectivity index (χ1v) is 9.39. The monoisotopic (exact) mass is 352 g/mol. The zero-order valence-electron chi connectivity index (χ0n) is 15.5. The van der Waals surface area contributed by atoms with E-state index in [4.69, 9.17) is 11.5 Å². The number of aromatic nitrogens is 2. The Hall–Kier alpha value is -2.31. The molecule has 6 N–H and O–H groups in total. The van der Waals surface area contributed by atoms with Crippen LogP contribution in [0, 0.1) is 12.8 Å². The summed E-state index contributed by atoms with van der Waals surface area (Å²) in [7, 11) is 0. The third-order valence-corrected chi connectivity index (χ3v) is 5.90. The SMILES string of the molecule is CC1=C(Nc2ccc(C)cc2)c2nccn2NC1(N)C1CCC(N)CC1. The summed E-state index contributed by atoms with van der Waals surface area (Å²) in [6, 6.07) is 8.68. The van der Waals surface area contributed by atoms with Crippen molar-refractivity contribution in [1.82, 2.24) is 9.66 Å². The molecule has 0 spiro atoms. The number of anilines is 1. The van der Waals surface area contributed by atoms with Gasteiger partial charge >= 0.3 is 0 Å². The summed E-state index contributed by atoms with van der Waals surface area (Å²) in [5.41, 5.74) is 20.3. The lowest BCUT2D eigenvalue weighted by Crippen LogP contribution is -2.61. The number of benzene rings is 1. The molecule has 2 aliphatic rings. The fourth-order valence-corrected chi connectivity index (χ4v) is 4.14. The molecule has 138 valence electrons. The lowest BCUT2D eigenvalue weighted by Gasteiger charge is -2.46. The molecule has 1 atom stereocenters. The number of fused-ring (bicyclic) bond motifs is 1. The minimum atomic E-state index is -0.610. The van der Waals surface area contributed by atoms with E-state index in [1.807, 2.05) is 10.9 Å². The predicted octanol–water partition coefficient (Wildman–Crippen LogP) is 2.76. The third-order valence-electron chi connectivity index (χ3n) is 5.90. The van der Waals surface area contributed by atoms with Gasteiger partial charge in [-0.15, -0.1) is 0 Å². The van der Waals surface area contributed by atoms with Gasteiger partial charge in [0.15, 0.2) is 5.82 Å². The maximum Gasteiger partial charge on any atom is 0.175 e. The maximum absolute atomic E-state index is 6.97. The molecule has 0 amide bonds. The molecule has 1 aliphatic heterocycles. The molecule has 2 heterocycles. The lowest BCUT2D eigenvalue weighted by molar-refractivity contribution is 0.229. The van der Waals surface area contributed by atoms with Crippen LogP contribution in [-0.2, 0) is 0 Å². The van der Waals surface area contributed by atoms with Crippen molar-refractivity contribution in [3.8, 4) is 0 Å². The van der Waals surface area contributed by atoms with Crippen LogP contribution in [0.15, 0.2) is 42.2 Å². The average molecular weight is 352 g/mol. The van der Waals surface area contributed by atoms with E-state index in [9.17, 15) is 0 Å². The maximum atomic E-state index is 6.97. The van der Waals surface area contributed by atoms with E-state index in [-0.39, 0.29) is 0 Å². The van der Waals surface area contributed by atoms with Gasteiger partial charge in [-0.1, -0.05) is 17.7 Å². The molecule has 0 bridgehead atoms. The number of nitrogens with one attached hydrogen (secondary N) is 2. The number of nitrogens with two attached hydrogens (primary N) is 2. The largest absolute Gasteiger partial charge is 0.352 e. The van der Waals surface area contributed by atoms with Crippen molar-refractivity contribution in [2.45, 2.75) is 51.2 Å². The van der Waals surface area contributed by atoms with E-state index >= 15 is 0 Å². The third kappa shape index (κ3) is 2.89. The van der Waals surface area contributed by atoms with E-state index < -0.39 is 5.66 Å². The second-order valence-corrected chi connectivity index (χ2v) is 7.70. The van der Waals surface area contributed by atoms with Crippen LogP contribution < -0.4 is 22.2 Å². The van der Waals surface area contributed by atoms with Crippen LogP contribution in [-0.4, -0.2) is 21.4 Å². The van der Waals surface area contributed by atoms with E-state index in [2.05, 4.69) is 53.8 Å². The van der Waals surface area contributed by atoms with Gasteiger partial charge in [-0.2, -0.15) is 0 Å². The first-order chi connectivity index (χ1) is 12.5. The van der Waals surface area contributed by atoms with Crippen LogP contribution in [0.2, 0.25) is 0 Å². The van der Waals surface area contributed by atoms with Gasteiger partial charge in [-0.3, -0.25) is 0 Å². The van der Waals surface area contributed by atoms with Crippen molar-refractivity contribution >= 4 is 11.4 Å². The highest BCUT2D eigenvalue weighted by Crippen LogP contribution is 2.39. The van der Waals surface area contributed by atoms with Crippen molar-refractivity contribution < 1.29 is 0 Å². The second-order valence-electron chi connectivity index (χ2n) is 7.70. The zero-order valence-corrected chi connectivity index (χ0v) is 15.5. The summed E-state index contributed by atoms with van der Waals surface area (Å²) in [5.74, 6) is 1.20. The molecular weight excluding hydrogens is 324 g/mol. The highest BCUT2D eigenvalue weighted by atomic mass is 15.5. The highest BCUT2D eigenvalue weighted by molar-refractivity contribution is 5.78. The number of imidazole rings is 1. The van der Waals surface area contributed by atoms with Crippen LogP contribution in [0.4, 0.5) is 5.69 Å². The van der Waals surface area contributed by atoms with Gasteiger partial charge in [0.25, 0.3) is 0 Å². The first kappa shape index (κ1) is 17.1. The Bertz CT molecular complexity index is 813. The Balaban J connectivity index is 1.71. The smallest absolute Gasteiger partial charge is 0.175 e. The number of nitrogens with zero attached hydrogens (tertiary/aromatic N) is 2. The van der Waals surface area contributed by atoms with E-state index in [0.29, 0.717) is 12.0 Å². The molecular formula is C20H28N6. The second kappa shape index (κ2) is 6.45. The summed E-state index contributed by atoms with van der Waals surface area (Å²) in [6.45, 7) is 4.19. The van der Waals surface area contributed by atoms with E-state index in [1.54, 1.807) is 6.20 Å². The fourth-order valence-electron chi connectivity index (χ4n) is 4.14. The molecule has 6 heteroatoms. The van der Waals surface area contributed by atoms with E-state index in [1.165, 1.54) is 5.56 Å². The molecule has 1 fully saturated rings. The van der Waals surface area contributed by atoms with Gasteiger partial charge < -0.3 is 22.2 Å². The number of aryl methyl sites for hydroxylation is 1. The lowest BCUT2D eigenvalue weighted by atomic mass is 9.75. The Morgan fingerprint density at radius 2 is 1.85 bits per heavy atom. The number of rotatable bonds is 3. The summed E-state index contributed by atoms with van der Waals surface area (Å²) in [5, 5.41) is 3.55. The molecule has 1 unspecified atom stereocenters. The topological polar surface area (TPSA) is 93.9 Å². The average Bonchev–Trinajstić information content (AvgIpc) is 3.09. The van der Waals surface area contributed by atoms with Gasteiger partial charge in [-0.25, -0.2) is 9.66 Å². The van der Waals surface area contributed by atoms with E-state index in [0.717, 1.165) is 48.5 Å². The van der Waals surface area contributed by atoms with Crippen molar-refractivity contribution in [1.29, 1.82) is 0 Å². The van der Waals surface area contributed by atoms with Gasteiger partial charge in [-0.05, 0) is 57.2 Å². The standard InChI is InChI=1S/C20H28N6/c1-13-3-9-17(10-4-13)24-18-14(2)20(22,15-5-7-16(21)8-6-15)25-26-12-11-23-19(18)26/h3-4,9-12,15-16,24-25H,5-8,21-22H2,1-2H3. The zero-order chi connectivity index (χ0) is 18.3. The molecule has 1 aliphatic carbocycles. The van der Waals surface area contributed by atoms with Crippen molar-refractivity contribution in [3.05, 3.63) is 53.6 Å². The Morgan fingerprint density at radius 3 is 2.54 bits per heavy atom. The van der Waals surface area contributed by atoms with Crippen molar-refractivity contribution in [2.24, 2.45) is 17.4 Å². The first-order valence-electron chi connectivity index (χ1n) is 9.39. The van der Waals surface area contributed by atoms with Crippen LogP contribution >= 0.6 is 0 Å². The summed E-state index contributed by atoms with van der Waals surface area (Å²) < 4.78 is 1.94. The molecule has 0 radical (unpaired) electrons. The van der Waals surface area contributed by atoms with Gasteiger partial charge in [0, 0.05) is 30.0 Å². The summed E-state index contributed by atoms with van der Waals surface area (Å²) >= 11 is 0. The number of hydrogen-bond acceptors (Lipinski definition) is 5. The molecule has 4 rings (SSSR count). The minimum absolute atomic E-state index is 0.302. The molecule has 1 aromatic heterocycles. The van der Waals surface area contributed by atoms with Crippen molar-refractivity contribution in [2.75, 3.05) is 10.7 Å². The molecule has 1 aromatic carbocycles. The van der Waals surface area contributed by atoms with Crippen LogP contribution in [0.3, 0.4) is 0 Å². The van der Waals surface area contributed by atoms with Crippen LogP contribution in [0.5, 0.6) is 0 Å². The van der Waals surface area contributed by atoms with Crippen molar-refractivity contribution in [3.63, 3.8) is 0 Å². The molecule has 0 saturated heterocycles. The van der Waals surface area contributed by atoms with Gasteiger partial charge in [0.05, 0.1) is 5.70 Å². The highest BCUT2D eigenvalue weighted by Gasteiger charge is 2.43. The minimum Gasteiger partial charge on any atom is -0.352 e. The Morgan fingerprint density at radius 1 is 1.15 bits per heavy atom. The molecule has 2 aromatic rings. The molecule has 26 heavy (non-hydrogen) atoms. The Labute approximate surface area is 154 Å². The van der Waals surface area contributed by atoms with Gasteiger partial charge in [0.1, 0.15) is 5.66 Å². The summed E-state index contributed by atoms with van der Waals surface area (Å²) in [6.07, 6.45) is 7.84. The fraction of sp³-hybridized carbons (Fsp3) is 0.450. The van der Waals surface area contributed by atoms with Gasteiger partial charge in [0.2, 0.25) is 0 Å². The quantitative estimate of drug-likeness (QED) is 0.681. The van der Waals surface area contributed by atoms with Crippen LogP contribution in [0.25, 0.3) is 5.70 Å². The predicted molar refractivity (Wildman–Crippen MR) is 106 cm³/mol. The van der Waals surface area contributed by atoms with Crippen LogP contribution in [0.1, 0.15) is 44.0 Å². The Kier molecular flexibility index (Phi) is 4.25. The molecule has 6 nitrogen and oxygen atoms in total.